The predicted molar refractivity (Wildman–Crippen MR) is 112 cm³/mol. The maximum absolute atomic E-state index is 12.6. The van der Waals surface area contributed by atoms with Gasteiger partial charge in [-0.05, 0) is 60.7 Å². The Morgan fingerprint density at radius 2 is 1.96 bits per heavy atom. The lowest BCUT2D eigenvalue weighted by molar-refractivity contribution is 0.102. The summed E-state index contributed by atoms with van der Waals surface area (Å²) in [6.07, 6.45) is 3.56. The number of hydrogen-bond acceptors (Lipinski definition) is 4. The second kappa shape index (κ2) is 7.80. The van der Waals surface area contributed by atoms with Crippen LogP contribution in [0.4, 0.5) is 11.6 Å². The number of carbonyl (C=O) groups excluding carboxylic acids is 1. The van der Waals surface area contributed by atoms with Crippen LogP contribution in [0.15, 0.2) is 54.7 Å². The van der Waals surface area contributed by atoms with E-state index in [-0.39, 0.29) is 5.91 Å². The van der Waals surface area contributed by atoms with E-state index >= 15 is 0 Å². The summed E-state index contributed by atoms with van der Waals surface area (Å²) in [7, 11) is 0. The van der Waals surface area contributed by atoms with Gasteiger partial charge in [-0.3, -0.25) is 4.79 Å². The largest absolute Gasteiger partial charge is 0.352 e. The average Bonchev–Trinajstić information content (AvgIpc) is 2.73. The summed E-state index contributed by atoms with van der Waals surface area (Å²) in [5.41, 5.74) is 5.33. The number of aryl methyl sites for hydroxylation is 2. The van der Waals surface area contributed by atoms with Crippen LogP contribution in [0.5, 0.6) is 0 Å². The molecular weight excluding hydrogens is 348 g/mol. The summed E-state index contributed by atoms with van der Waals surface area (Å²) in [6, 6.07) is 16.2. The van der Waals surface area contributed by atoms with Crippen molar-refractivity contribution in [3.05, 3.63) is 82.7 Å². The number of hydrogen-bond donors (Lipinski definition) is 1. The summed E-state index contributed by atoms with van der Waals surface area (Å²) in [5.74, 6) is 1.29. The zero-order valence-electron chi connectivity index (χ0n) is 16.3. The number of rotatable bonds is 4. The molecule has 3 heterocycles. The first-order chi connectivity index (χ1) is 13.6. The maximum Gasteiger partial charge on any atom is 0.258 e. The molecule has 0 spiro atoms. The fourth-order valence-electron chi connectivity index (χ4n) is 3.60. The van der Waals surface area contributed by atoms with E-state index in [0.29, 0.717) is 11.4 Å². The number of aromatic nitrogens is 2. The summed E-state index contributed by atoms with van der Waals surface area (Å²) in [4.78, 5) is 23.8. The van der Waals surface area contributed by atoms with Crippen LogP contribution in [0, 0.1) is 6.92 Å². The van der Waals surface area contributed by atoms with E-state index in [2.05, 4.69) is 51.4 Å². The Morgan fingerprint density at radius 3 is 2.71 bits per heavy atom. The molecule has 1 aliphatic heterocycles. The Labute approximate surface area is 165 Å². The Bertz CT molecular complexity index is 998. The number of fused-ring (bicyclic) bond motifs is 1. The highest BCUT2D eigenvalue weighted by Crippen LogP contribution is 2.23. The van der Waals surface area contributed by atoms with Gasteiger partial charge >= 0.3 is 0 Å². The molecule has 0 saturated carbocycles. The van der Waals surface area contributed by atoms with Crippen LogP contribution >= 0.6 is 0 Å². The molecule has 5 heteroatoms. The first-order valence-corrected chi connectivity index (χ1v) is 9.69. The van der Waals surface area contributed by atoms with Gasteiger partial charge in [0.1, 0.15) is 11.6 Å². The Balaban J connectivity index is 1.46. The van der Waals surface area contributed by atoms with Crippen molar-refractivity contribution < 1.29 is 4.79 Å². The SMILES string of the molecule is CCc1cc(C)nc(NC(=O)c2ccc(N3CCc4ccccc4C3)nc2)c1. The van der Waals surface area contributed by atoms with Gasteiger partial charge in [-0.1, -0.05) is 31.2 Å². The van der Waals surface area contributed by atoms with E-state index in [9.17, 15) is 4.79 Å². The van der Waals surface area contributed by atoms with E-state index in [1.165, 1.54) is 11.1 Å². The number of anilines is 2. The van der Waals surface area contributed by atoms with Crippen molar-refractivity contribution in [2.24, 2.45) is 0 Å². The number of benzene rings is 1. The number of pyridine rings is 2. The average molecular weight is 372 g/mol. The molecule has 0 aliphatic carbocycles. The Morgan fingerprint density at radius 1 is 1.14 bits per heavy atom. The van der Waals surface area contributed by atoms with Gasteiger partial charge in [0.05, 0.1) is 5.56 Å². The maximum atomic E-state index is 12.6. The first kappa shape index (κ1) is 18.2. The van der Waals surface area contributed by atoms with Crippen LogP contribution in [-0.4, -0.2) is 22.4 Å². The van der Waals surface area contributed by atoms with Gasteiger partial charge in [-0.2, -0.15) is 0 Å². The molecule has 0 unspecified atom stereocenters. The standard InChI is InChI=1S/C23H24N4O/c1-3-17-12-16(2)25-21(13-17)26-23(28)19-8-9-22(24-14-19)27-11-10-18-6-4-5-7-20(18)15-27/h4-9,12-14H,3,10-11,15H2,1-2H3,(H,25,26,28). The fraction of sp³-hybridized carbons (Fsp3) is 0.261. The van der Waals surface area contributed by atoms with E-state index in [4.69, 9.17) is 0 Å². The molecule has 0 radical (unpaired) electrons. The molecule has 1 amide bonds. The number of amides is 1. The Kier molecular flexibility index (Phi) is 5.06. The quantitative estimate of drug-likeness (QED) is 0.747. The minimum atomic E-state index is -0.191. The zero-order chi connectivity index (χ0) is 19.5. The van der Waals surface area contributed by atoms with Gasteiger partial charge in [0, 0.05) is 25.0 Å². The molecule has 0 atom stereocenters. The lowest BCUT2D eigenvalue weighted by atomic mass is 10.00. The van der Waals surface area contributed by atoms with Crippen molar-refractivity contribution in [2.75, 3.05) is 16.8 Å². The van der Waals surface area contributed by atoms with Gasteiger partial charge < -0.3 is 10.2 Å². The van der Waals surface area contributed by atoms with E-state index < -0.39 is 0 Å². The smallest absolute Gasteiger partial charge is 0.258 e. The monoisotopic (exact) mass is 372 g/mol. The van der Waals surface area contributed by atoms with Crippen molar-refractivity contribution in [1.29, 1.82) is 0 Å². The van der Waals surface area contributed by atoms with Crippen LogP contribution in [0.25, 0.3) is 0 Å². The Hall–Kier alpha value is -3.21. The summed E-state index contributed by atoms with van der Waals surface area (Å²) in [5, 5.41) is 2.88. The second-order valence-corrected chi connectivity index (χ2v) is 7.16. The number of carbonyl (C=O) groups is 1. The normalized spacial score (nSPS) is 13.1. The molecular formula is C23H24N4O. The summed E-state index contributed by atoms with van der Waals surface area (Å²) >= 11 is 0. The third kappa shape index (κ3) is 3.88. The summed E-state index contributed by atoms with van der Waals surface area (Å²) in [6.45, 7) is 5.80. The van der Waals surface area contributed by atoms with Gasteiger partial charge in [0.15, 0.2) is 0 Å². The molecule has 0 bridgehead atoms. The molecule has 5 nitrogen and oxygen atoms in total. The molecule has 0 saturated heterocycles. The molecule has 1 aromatic carbocycles. The molecule has 1 aliphatic rings. The van der Waals surface area contributed by atoms with Gasteiger partial charge in [-0.15, -0.1) is 0 Å². The van der Waals surface area contributed by atoms with Crippen molar-refractivity contribution in [2.45, 2.75) is 33.2 Å². The van der Waals surface area contributed by atoms with Crippen molar-refractivity contribution in [1.82, 2.24) is 9.97 Å². The first-order valence-electron chi connectivity index (χ1n) is 9.69. The van der Waals surface area contributed by atoms with Gasteiger partial charge in [0.2, 0.25) is 0 Å². The van der Waals surface area contributed by atoms with Gasteiger partial charge in [0.25, 0.3) is 5.91 Å². The molecule has 4 rings (SSSR count). The lowest BCUT2D eigenvalue weighted by Gasteiger charge is -2.29. The van der Waals surface area contributed by atoms with E-state index in [0.717, 1.165) is 43.0 Å². The third-order valence-electron chi connectivity index (χ3n) is 5.13. The van der Waals surface area contributed by atoms with E-state index in [1.54, 1.807) is 6.20 Å². The summed E-state index contributed by atoms with van der Waals surface area (Å²) < 4.78 is 0. The molecule has 3 aromatic rings. The highest BCUT2D eigenvalue weighted by molar-refractivity contribution is 6.03. The van der Waals surface area contributed by atoms with Crippen LogP contribution in [0.3, 0.4) is 0 Å². The van der Waals surface area contributed by atoms with Crippen LogP contribution in [0.1, 0.15) is 39.7 Å². The minimum Gasteiger partial charge on any atom is -0.352 e. The van der Waals surface area contributed by atoms with E-state index in [1.807, 2.05) is 31.2 Å². The molecule has 2 aromatic heterocycles. The predicted octanol–water partition coefficient (Wildman–Crippen LogP) is 4.16. The molecule has 0 fully saturated rings. The minimum absolute atomic E-state index is 0.191. The highest BCUT2D eigenvalue weighted by atomic mass is 16.1. The zero-order valence-corrected chi connectivity index (χ0v) is 16.3. The third-order valence-corrected chi connectivity index (χ3v) is 5.13. The molecule has 28 heavy (non-hydrogen) atoms. The highest BCUT2D eigenvalue weighted by Gasteiger charge is 2.17. The van der Waals surface area contributed by atoms with Crippen LogP contribution in [0.2, 0.25) is 0 Å². The molecule has 1 N–H and O–H groups in total. The van der Waals surface area contributed by atoms with Crippen molar-refractivity contribution >= 4 is 17.5 Å². The van der Waals surface area contributed by atoms with Crippen LogP contribution in [-0.2, 0) is 19.4 Å². The topological polar surface area (TPSA) is 58.1 Å². The number of nitrogens with one attached hydrogen (secondary N) is 1. The fourth-order valence-corrected chi connectivity index (χ4v) is 3.60. The van der Waals surface area contributed by atoms with Crippen molar-refractivity contribution in [3.8, 4) is 0 Å². The second-order valence-electron chi connectivity index (χ2n) is 7.16. The lowest BCUT2D eigenvalue weighted by Crippen LogP contribution is -2.31. The number of nitrogens with zero attached hydrogens (tertiary/aromatic N) is 3. The van der Waals surface area contributed by atoms with Crippen LogP contribution < -0.4 is 10.2 Å². The molecule has 142 valence electrons. The van der Waals surface area contributed by atoms with Gasteiger partial charge in [-0.25, -0.2) is 9.97 Å². The van der Waals surface area contributed by atoms with Crippen molar-refractivity contribution in [3.63, 3.8) is 0 Å².